The highest BCUT2D eigenvalue weighted by atomic mass is 32.2. The highest BCUT2D eigenvalue weighted by molar-refractivity contribution is 8.00. The molecule has 0 atom stereocenters. The number of Topliss-reactive ketones (excluding diaryl/α,β-unsaturated/α-hetero) is 1. The minimum Gasteiger partial charge on any atom is -0.329 e. The summed E-state index contributed by atoms with van der Waals surface area (Å²) in [6.07, 6.45) is 0. The summed E-state index contributed by atoms with van der Waals surface area (Å²) in [4.78, 5) is 44.4. The molecule has 184 valence electrons. The van der Waals surface area contributed by atoms with E-state index in [1.807, 2.05) is 26.0 Å². The second kappa shape index (κ2) is 9.97. The standard InChI is InChI=1S/C26H26N6O3S/c1-26(2,16-28)36-24-29-22-21(31(24)14-19-12-8-7-11-18(19)13-27)23(34)32(25(35)30(22)3)15-20(33)17-9-5-4-6-10-17/h4-12H,14-16,28H2,1-3H3. The number of rotatable bonds is 8. The quantitative estimate of drug-likeness (QED) is 0.290. The maximum atomic E-state index is 13.7. The number of nitriles is 1. The van der Waals surface area contributed by atoms with Crippen molar-refractivity contribution in [1.29, 1.82) is 5.26 Å². The number of aromatic nitrogens is 4. The molecule has 0 saturated carbocycles. The Labute approximate surface area is 211 Å². The van der Waals surface area contributed by atoms with E-state index in [1.165, 1.54) is 23.4 Å². The summed E-state index contributed by atoms with van der Waals surface area (Å²) in [6, 6.07) is 17.8. The zero-order chi connectivity index (χ0) is 26.0. The van der Waals surface area contributed by atoms with Gasteiger partial charge in [-0.05, 0) is 25.5 Å². The molecular weight excluding hydrogens is 476 g/mol. The van der Waals surface area contributed by atoms with Crippen LogP contribution in [0.2, 0.25) is 0 Å². The second-order valence-corrected chi connectivity index (χ2v) is 10.7. The van der Waals surface area contributed by atoms with Crippen molar-refractivity contribution in [2.75, 3.05) is 6.54 Å². The van der Waals surface area contributed by atoms with Gasteiger partial charge in [0.1, 0.15) is 0 Å². The van der Waals surface area contributed by atoms with E-state index < -0.39 is 22.5 Å². The predicted molar refractivity (Wildman–Crippen MR) is 139 cm³/mol. The van der Waals surface area contributed by atoms with Crippen LogP contribution in [0.25, 0.3) is 11.2 Å². The number of carbonyl (C=O) groups excluding carboxylic acids is 1. The highest BCUT2D eigenvalue weighted by Crippen LogP contribution is 2.33. The smallest absolute Gasteiger partial charge is 0.329 e. The van der Waals surface area contributed by atoms with Crippen molar-refractivity contribution >= 4 is 28.7 Å². The number of hydrogen-bond acceptors (Lipinski definition) is 7. The lowest BCUT2D eigenvalue weighted by atomic mass is 10.1. The molecule has 0 aliphatic carbocycles. The third-order valence-electron chi connectivity index (χ3n) is 5.92. The third-order valence-corrected chi connectivity index (χ3v) is 7.13. The number of nitrogens with two attached hydrogens (primary N) is 1. The van der Waals surface area contributed by atoms with Crippen LogP contribution in [0.5, 0.6) is 0 Å². The Hall–Kier alpha value is -3.94. The molecule has 4 rings (SSSR count). The molecule has 0 fully saturated rings. The van der Waals surface area contributed by atoms with Crippen molar-refractivity contribution in [2.24, 2.45) is 12.8 Å². The Balaban J connectivity index is 1.94. The summed E-state index contributed by atoms with van der Waals surface area (Å²) in [6.45, 7) is 4.05. The number of ketones is 1. The van der Waals surface area contributed by atoms with Gasteiger partial charge in [-0.2, -0.15) is 5.26 Å². The summed E-state index contributed by atoms with van der Waals surface area (Å²) >= 11 is 1.38. The average Bonchev–Trinajstić information content (AvgIpc) is 3.23. The van der Waals surface area contributed by atoms with Crippen LogP contribution in [0.1, 0.15) is 35.3 Å². The maximum absolute atomic E-state index is 13.7. The fourth-order valence-corrected chi connectivity index (χ4v) is 4.78. The molecule has 0 amide bonds. The lowest BCUT2D eigenvalue weighted by molar-refractivity contribution is 0.0969. The van der Waals surface area contributed by atoms with Crippen LogP contribution in [-0.2, 0) is 20.1 Å². The van der Waals surface area contributed by atoms with E-state index in [0.29, 0.717) is 28.4 Å². The Bertz CT molecular complexity index is 1610. The van der Waals surface area contributed by atoms with Gasteiger partial charge in [-0.3, -0.25) is 18.7 Å². The monoisotopic (exact) mass is 502 g/mol. The van der Waals surface area contributed by atoms with Gasteiger partial charge in [0.25, 0.3) is 5.56 Å². The molecule has 0 aliphatic heterocycles. The van der Waals surface area contributed by atoms with Crippen molar-refractivity contribution in [3.63, 3.8) is 0 Å². The number of imidazole rings is 1. The van der Waals surface area contributed by atoms with Gasteiger partial charge in [-0.1, -0.05) is 60.3 Å². The number of benzene rings is 2. The second-order valence-electron chi connectivity index (χ2n) is 9.01. The molecule has 0 aliphatic rings. The minimum atomic E-state index is -0.631. The van der Waals surface area contributed by atoms with Crippen LogP contribution in [0.4, 0.5) is 0 Å². The Morgan fingerprint density at radius 2 is 1.75 bits per heavy atom. The van der Waals surface area contributed by atoms with E-state index >= 15 is 0 Å². The topological polar surface area (TPSA) is 129 Å². The zero-order valence-corrected chi connectivity index (χ0v) is 21.1. The Morgan fingerprint density at radius 3 is 2.42 bits per heavy atom. The van der Waals surface area contributed by atoms with Gasteiger partial charge in [-0.25, -0.2) is 9.78 Å². The molecule has 10 heteroatoms. The molecule has 4 aromatic rings. The van der Waals surface area contributed by atoms with Crippen LogP contribution >= 0.6 is 11.8 Å². The maximum Gasteiger partial charge on any atom is 0.332 e. The summed E-state index contributed by atoms with van der Waals surface area (Å²) in [5, 5.41) is 10.1. The first-order valence-electron chi connectivity index (χ1n) is 11.3. The lowest BCUT2D eigenvalue weighted by Gasteiger charge is -2.21. The van der Waals surface area contributed by atoms with Crippen LogP contribution in [0.3, 0.4) is 0 Å². The van der Waals surface area contributed by atoms with Crippen molar-refractivity contribution in [3.8, 4) is 6.07 Å². The number of carbonyl (C=O) groups is 1. The molecule has 2 aromatic heterocycles. The molecule has 2 aromatic carbocycles. The first kappa shape index (κ1) is 25.2. The highest BCUT2D eigenvalue weighted by Gasteiger charge is 2.26. The molecule has 0 unspecified atom stereocenters. The van der Waals surface area contributed by atoms with Crippen molar-refractivity contribution in [1.82, 2.24) is 18.7 Å². The minimum absolute atomic E-state index is 0.182. The normalized spacial score (nSPS) is 11.5. The number of hydrogen-bond donors (Lipinski definition) is 1. The van der Waals surface area contributed by atoms with Crippen molar-refractivity contribution < 1.29 is 4.79 Å². The van der Waals surface area contributed by atoms with Gasteiger partial charge in [0.05, 0.1) is 24.7 Å². The van der Waals surface area contributed by atoms with Crippen molar-refractivity contribution in [3.05, 3.63) is 92.1 Å². The Kier molecular flexibility index (Phi) is 6.97. The van der Waals surface area contributed by atoms with E-state index in [-0.39, 0.29) is 23.5 Å². The molecule has 2 heterocycles. The largest absolute Gasteiger partial charge is 0.332 e. The van der Waals surface area contributed by atoms with Gasteiger partial charge in [0, 0.05) is 23.9 Å². The van der Waals surface area contributed by atoms with Gasteiger partial charge in [-0.15, -0.1) is 0 Å². The molecule has 36 heavy (non-hydrogen) atoms. The van der Waals surface area contributed by atoms with E-state index in [9.17, 15) is 19.6 Å². The first-order valence-corrected chi connectivity index (χ1v) is 12.1. The number of thioether (sulfide) groups is 1. The van der Waals surface area contributed by atoms with Gasteiger partial charge < -0.3 is 10.3 Å². The van der Waals surface area contributed by atoms with Crippen LogP contribution < -0.4 is 17.0 Å². The molecule has 0 radical (unpaired) electrons. The zero-order valence-electron chi connectivity index (χ0n) is 20.3. The molecule has 0 bridgehead atoms. The SMILES string of the molecule is Cn1c(=O)n(CC(=O)c2ccccc2)c(=O)c2c1nc(SC(C)(C)CN)n2Cc1ccccc1C#N. The van der Waals surface area contributed by atoms with E-state index in [1.54, 1.807) is 47.0 Å². The number of fused-ring (bicyclic) bond motifs is 1. The molecule has 2 N–H and O–H groups in total. The third kappa shape index (κ3) is 4.76. The summed E-state index contributed by atoms with van der Waals surface area (Å²) in [7, 11) is 1.52. The lowest BCUT2D eigenvalue weighted by Crippen LogP contribution is -2.41. The molecular formula is C26H26N6O3S. The molecule has 9 nitrogen and oxygen atoms in total. The van der Waals surface area contributed by atoms with Crippen molar-refractivity contribution in [2.45, 2.75) is 36.8 Å². The Morgan fingerprint density at radius 1 is 1.08 bits per heavy atom. The number of aryl methyl sites for hydroxylation is 1. The molecule has 0 saturated heterocycles. The van der Waals surface area contributed by atoms with E-state index in [2.05, 4.69) is 11.1 Å². The molecule has 0 spiro atoms. The number of nitrogens with zero attached hydrogens (tertiary/aromatic N) is 5. The van der Waals surface area contributed by atoms with E-state index in [0.717, 1.165) is 4.57 Å². The fraction of sp³-hybridized carbons (Fsp3) is 0.269. The first-order chi connectivity index (χ1) is 17.2. The van der Waals surface area contributed by atoms with Crippen LogP contribution in [0.15, 0.2) is 69.3 Å². The summed E-state index contributed by atoms with van der Waals surface area (Å²) in [5.41, 5.74) is 6.68. The van der Waals surface area contributed by atoms with Crippen LogP contribution in [0, 0.1) is 11.3 Å². The summed E-state index contributed by atoms with van der Waals surface area (Å²) < 4.78 is 3.52. The van der Waals surface area contributed by atoms with Crippen LogP contribution in [-0.4, -0.2) is 35.8 Å². The average molecular weight is 503 g/mol. The summed E-state index contributed by atoms with van der Waals surface area (Å²) in [5.74, 6) is -0.353. The van der Waals surface area contributed by atoms with Gasteiger partial charge >= 0.3 is 5.69 Å². The van der Waals surface area contributed by atoms with Gasteiger partial charge in [0.15, 0.2) is 22.1 Å². The predicted octanol–water partition coefficient (Wildman–Crippen LogP) is 2.53. The fourth-order valence-electron chi connectivity index (χ4n) is 3.80. The van der Waals surface area contributed by atoms with E-state index in [4.69, 9.17) is 5.73 Å². The van der Waals surface area contributed by atoms with Gasteiger partial charge in [0.2, 0.25) is 0 Å².